The normalized spacial score (nSPS) is 28.4. The molecule has 4 N–H and O–H groups in total. The summed E-state index contributed by atoms with van der Waals surface area (Å²) in [5.74, 6) is -1.31. The monoisotopic (exact) mass is 472 g/mol. The molecule has 0 bridgehead atoms. The van der Waals surface area contributed by atoms with E-state index in [4.69, 9.17) is 0 Å². The Balaban J connectivity index is 2.17. The lowest BCUT2D eigenvalue weighted by Gasteiger charge is -2.57. The number of phenols is 3. The standard InChI is InChI=1S/C28H40O6/c1-15(2)11-18(23-25(32)19(13-29)24(31)20(14-30)26(23)33)21-8-7-16(3)22-12-17(27(4,5)34)9-10-28(21,22)6/h13-15,17-18,21-22,31-34H,3,7-12H2,1-2,4-6H3/t17-,18?,21+,22+,28+/m0/s1. The highest BCUT2D eigenvalue weighted by molar-refractivity contribution is 5.95. The van der Waals surface area contributed by atoms with Gasteiger partial charge >= 0.3 is 0 Å². The van der Waals surface area contributed by atoms with Crippen molar-refractivity contribution in [2.45, 2.75) is 84.7 Å². The van der Waals surface area contributed by atoms with Crippen molar-refractivity contribution in [3.8, 4) is 17.2 Å². The first-order chi connectivity index (χ1) is 15.8. The Labute approximate surface area is 202 Å². The Kier molecular flexibility index (Phi) is 7.24. The summed E-state index contributed by atoms with van der Waals surface area (Å²) in [6.45, 7) is 14.5. The van der Waals surface area contributed by atoms with Crippen LogP contribution >= 0.6 is 0 Å². The van der Waals surface area contributed by atoms with Crippen LogP contribution in [0.15, 0.2) is 12.2 Å². The van der Waals surface area contributed by atoms with E-state index in [1.807, 2.05) is 13.8 Å². The summed E-state index contributed by atoms with van der Waals surface area (Å²) in [6.07, 6.45) is 5.46. The van der Waals surface area contributed by atoms with Crippen molar-refractivity contribution in [1.29, 1.82) is 0 Å². The third-order valence-corrected chi connectivity index (χ3v) is 8.81. The van der Waals surface area contributed by atoms with Gasteiger partial charge in [-0.05, 0) is 87.4 Å². The maximum absolute atomic E-state index is 11.7. The van der Waals surface area contributed by atoms with E-state index < -0.39 is 22.8 Å². The fourth-order valence-electron chi connectivity index (χ4n) is 6.89. The minimum absolute atomic E-state index is 0.0495. The Hall–Kier alpha value is -2.34. The van der Waals surface area contributed by atoms with E-state index >= 15 is 0 Å². The minimum atomic E-state index is -0.781. The van der Waals surface area contributed by atoms with E-state index in [-0.39, 0.29) is 51.7 Å². The number of allylic oxidation sites excluding steroid dienone is 1. The highest BCUT2D eigenvalue weighted by atomic mass is 16.3. The quantitative estimate of drug-likeness (QED) is 0.298. The van der Waals surface area contributed by atoms with Gasteiger partial charge < -0.3 is 20.4 Å². The summed E-state index contributed by atoms with van der Waals surface area (Å²) in [7, 11) is 0. The molecule has 0 amide bonds. The Morgan fingerprint density at radius 3 is 2.09 bits per heavy atom. The molecule has 34 heavy (non-hydrogen) atoms. The predicted octanol–water partition coefficient (Wildman–Crippen LogP) is 5.72. The van der Waals surface area contributed by atoms with Gasteiger partial charge in [0.25, 0.3) is 0 Å². The summed E-state index contributed by atoms with van der Waals surface area (Å²) < 4.78 is 0. The average molecular weight is 473 g/mol. The second-order valence-corrected chi connectivity index (χ2v) is 11.7. The third kappa shape index (κ3) is 4.37. The molecule has 1 unspecified atom stereocenters. The number of hydrogen-bond acceptors (Lipinski definition) is 6. The molecule has 0 radical (unpaired) electrons. The fourth-order valence-corrected chi connectivity index (χ4v) is 6.89. The molecule has 6 heteroatoms. The molecule has 0 saturated heterocycles. The number of rotatable bonds is 7. The summed E-state index contributed by atoms with van der Waals surface area (Å²) in [5, 5.41) is 43.1. The van der Waals surface area contributed by atoms with Gasteiger partial charge in [0.1, 0.15) is 17.2 Å². The first-order valence-corrected chi connectivity index (χ1v) is 12.4. The van der Waals surface area contributed by atoms with Gasteiger partial charge in [-0.1, -0.05) is 32.9 Å². The van der Waals surface area contributed by atoms with Crippen molar-refractivity contribution in [2.24, 2.45) is 29.1 Å². The number of aliphatic hydroxyl groups is 1. The zero-order chi connectivity index (χ0) is 25.6. The second kappa shape index (κ2) is 9.37. The van der Waals surface area contributed by atoms with Crippen LogP contribution in [0.5, 0.6) is 17.2 Å². The Bertz CT molecular complexity index is 937. The van der Waals surface area contributed by atoms with Crippen LogP contribution in [-0.2, 0) is 0 Å². The summed E-state index contributed by atoms with van der Waals surface area (Å²) in [4.78, 5) is 23.4. The number of aldehydes is 2. The number of carbonyl (C=O) groups is 2. The smallest absolute Gasteiger partial charge is 0.157 e. The first-order valence-electron chi connectivity index (χ1n) is 12.4. The number of fused-ring (bicyclic) bond motifs is 1. The van der Waals surface area contributed by atoms with Crippen molar-refractivity contribution in [3.63, 3.8) is 0 Å². The van der Waals surface area contributed by atoms with Crippen LogP contribution in [-0.4, -0.2) is 38.6 Å². The molecule has 1 aromatic rings. The molecule has 2 aliphatic carbocycles. The topological polar surface area (TPSA) is 115 Å². The molecule has 2 aliphatic rings. The minimum Gasteiger partial charge on any atom is -0.507 e. The molecule has 0 aliphatic heterocycles. The summed E-state index contributed by atoms with van der Waals surface area (Å²) in [6, 6.07) is 0. The number of carbonyl (C=O) groups excluding carboxylic acids is 2. The Morgan fingerprint density at radius 2 is 1.62 bits per heavy atom. The van der Waals surface area contributed by atoms with Crippen molar-refractivity contribution < 1.29 is 30.0 Å². The largest absolute Gasteiger partial charge is 0.507 e. The average Bonchev–Trinajstić information content (AvgIpc) is 2.72. The van der Waals surface area contributed by atoms with Crippen molar-refractivity contribution in [2.75, 3.05) is 0 Å². The molecular weight excluding hydrogens is 432 g/mol. The van der Waals surface area contributed by atoms with E-state index in [9.17, 15) is 30.0 Å². The molecular formula is C28H40O6. The summed E-state index contributed by atoms with van der Waals surface area (Å²) in [5.41, 5.74) is -0.338. The predicted molar refractivity (Wildman–Crippen MR) is 132 cm³/mol. The maximum atomic E-state index is 11.7. The van der Waals surface area contributed by atoms with Gasteiger partial charge in [0, 0.05) is 5.56 Å². The van der Waals surface area contributed by atoms with Crippen LogP contribution in [0, 0.1) is 29.1 Å². The van der Waals surface area contributed by atoms with Crippen LogP contribution in [0.2, 0.25) is 0 Å². The van der Waals surface area contributed by atoms with E-state index in [0.29, 0.717) is 19.0 Å². The van der Waals surface area contributed by atoms with Gasteiger partial charge in [-0.2, -0.15) is 0 Å². The van der Waals surface area contributed by atoms with Crippen LogP contribution in [0.1, 0.15) is 105 Å². The molecule has 0 spiro atoms. The van der Waals surface area contributed by atoms with Gasteiger partial charge in [-0.25, -0.2) is 0 Å². The number of aromatic hydroxyl groups is 3. The van der Waals surface area contributed by atoms with Crippen molar-refractivity contribution in [3.05, 3.63) is 28.8 Å². The Morgan fingerprint density at radius 1 is 1.06 bits per heavy atom. The lowest BCUT2D eigenvalue weighted by atomic mass is 9.48. The van der Waals surface area contributed by atoms with Crippen molar-refractivity contribution in [1.82, 2.24) is 0 Å². The highest BCUT2D eigenvalue weighted by Gasteiger charge is 2.53. The molecule has 188 valence electrons. The summed E-state index contributed by atoms with van der Waals surface area (Å²) >= 11 is 0. The number of phenolic OH excluding ortho intramolecular Hbond substituents is 3. The lowest BCUT2D eigenvalue weighted by Crippen LogP contribution is -2.49. The first kappa shape index (κ1) is 26.3. The second-order valence-electron chi connectivity index (χ2n) is 11.7. The number of benzene rings is 1. The maximum Gasteiger partial charge on any atom is 0.157 e. The fraction of sp³-hybridized carbons (Fsp3) is 0.643. The lowest BCUT2D eigenvalue weighted by molar-refractivity contribution is -0.0652. The van der Waals surface area contributed by atoms with Crippen LogP contribution in [0.25, 0.3) is 0 Å². The molecule has 0 heterocycles. The van der Waals surface area contributed by atoms with Gasteiger partial charge in [0.2, 0.25) is 0 Å². The van der Waals surface area contributed by atoms with Crippen LogP contribution in [0.4, 0.5) is 0 Å². The highest BCUT2D eigenvalue weighted by Crippen LogP contribution is 2.63. The van der Waals surface area contributed by atoms with E-state index in [1.54, 1.807) is 0 Å². The van der Waals surface area contributed by atoms with Gasteiger partial charge in [-0.15, -0.1) is 0 Å². The molecule has 2 fully saturated rings. The van der Waals surface area contributed by atoms with Gasteiger partial charge in [0.15, 0.2) is 12.6 Å². The van der Waals surface area contributed by atoms with Gasteiger partial charge in [0.05, 0.1) is 16.7 Å². The van der Waals surface area contributed by atoms with E-state index in [1.165, 1.54) is 5.57 Å². The molecule has 0 aromatic heterocycles. The SMILES string of the molecule is C=C1CC[C@H](C(CC(C)C)c2c(O)c(C=O)c(O)c(C=O)c2O)[C@@]2(C)CC[C@H](C(C)(C)O)C[C@H]12. The zero-order valence-corrected chi connectivity index (χ0v) is 21.1. The van der Waals surface area contributed by atoms with Crippen molar-refractivity contribution >= 4 is 12.6 Å². The molecule has 6 nitrogen and oxygen atoms in total. The van der Waals surface area contributed by atoms with Crippen LogP contribution in [0.3, 0.4) is 0 Å². The third-order valence-electron chi connectivity index (χ3n) is 8.81. The molecule has 1 aromatic carbocycles. The van der Waals surface area contributed by atoms with E-state index in [0.717, 1.165) is 32.1 Å². The van der Waals surface area contributed by atoms with Crippen LogP contribution < -0.4 is 0 Å². The zero-order valence-electron chi connectivity index (χ0n) is 21.1. The number of hydrogen-bond donors (Lipinski definition) is 4. The molecule has 5 atom stereocenters. The molecule has 2 saturated carbocycles. The van der Waals surface area contributed by atoms with Gasteiger partial charge in [-0.3, -0.25) is 9.59 Å². The molecule has 3 rings (SSSR count). The van der Waals surface area contributed by atoms with E-state index in [2.05, 4.69) is 27.4 Å².